The van der Waals surface area contributed by atoms with Crippen LogP contribution in [0.5, 0.6) is 0 Å². The van der Waals surface area contributed by atoms with Gasteiger partial charge in [-0.15, -0.1) is 0 Å². The minimum absolute atomic E-state index is 0.00585. The highest BCUT2D eigenvalue weighted by molar-refractivity contribution is 5.98. The van der Waals surface area contributed by atoms with Crippen LogP contribution in [0.15, 0.2) is 48.5 Å². The number of carbonyl (C=O) groups excluding carboxylic acids is 3. The van der Waals surface area contributed by atoms with Crippen molar-refractivity contribution in [3.63, 3.8) is 0 Å². The molecule has 0 atom stereocenters. The molecule has 0 radical (unpaired) electrons. The molecule has 0 fully saturated rings. The lowest BCUT2D eigenvalue weighted by Gasteiger charge is -2.19. The Bertz CT molecular complexity index is 899. The summed E-state index contributed by atoms with van der Waals surface area (Å²) in [5.74, 6) is -0.942. The van der Waals surface area contributed by atoms with Crippen molar-refractivity contribution in [3.8, 4) is 0 Å². The summed E-state index contributed by atoms with van der Waals surface area (Å²) < 4.78 is 0. The first-order chi connectivity index (χ1) is 14.1. The average molecular weight is 410 g/mol. The van der Waals surface area contributed by atoms with Crippen LogP contribution >= 0.6 is 0 Å². The predicted molar refractivity (Wildman–Crippen MR) is 120 cm³/mol. The summed E-state index contributed by atoms with van der Waals surface area (Å²) in [6.45, 7) is 8.07. The highest BCUT2D eigenvalue weighted by Gasteiger charge is 2.17. The second-order valence-electron chi connectivity index (χ2n) is 8.32. The van der Waals surface area contributed by atoms with Crippen molar-refractivity contribution in [2.45, 2.75) is 39.5 Å². The summed E-state index contributed by atoms with van der Waals surface area (Å²) >= 11 is 0. The Kier molecular flexibility index (Phi) is 7.75. The molecule has 0 saturated carbocycles. The number of rotatable bonds is 7. The number of nitrogens with one attached hydrogen (secondary N) is 2. The SMILES string of the molecule is CCc1ccccc1NC(=O)CN(C)C(=O)CNC(=O)c1ccc(C(C)(C)C)cc1. The van der Waals surface area contributed by atoms with Crippen LogP contribution < -0.4 is 10.6 Å². The molecule has 0 unspecified atom stereocenters. The standard InChI is InChI=1S/C24H31N3O3/c1-6-17-9-7-8-10-20(17)26-21(28)16-27(5)22(29)15-25-23(30)18-11-13-19(14-12-18)24(2,3)4/h7-14H,6,15-16H2,1-5H3,(H,25,30)(H,26,28). The second-order valence-corrected chi connectivity index (χ2v) is 8.32. The molecular weight excluding hydrogens is 378 g/mol. The fourth-order valence-corrected chi connectivity index (χ4v) is 2.96. The summed E-state index contributed by atoms with van der Waals surface area (Å²) in [6, 6.07) is 14.9. The van der Waals surface area contributed by atoms with Crippen LogP contribution in [0.1, 0.15) is 49.2 Å². The molecule has 2 aromatic carbocycles. The topological polar surface area (TPSA) is 78.5 Å². The average Bonchev–Trinajstić information content (AvgIpc) is 2.71. The van der Waals surface area contributed by atoms with Gasteiger partial charge in [0.1, 0.15) is 0 Å². The van der Waals surface area contributed by atoms with Gasteiger partial charge >= 0.3 is 0 Å². The molecule has 0 aliphatic carbocycles. The molecule has 6 nitrogen and oxygen atoms in total. The normalized spacial score (nSPS) is 11.0. The van der Waals surface area contributed by atoms with E-state index in [-0.39, 0.29) is 36.2 Å². The van der Waals surface area contributed by atoms with Crippen LogP contribution in [0, 0.1) is 0 Å². The first-order valence-corrected chi connectivity index (χ1v) is 10.1. The Balaban J connectivity index is 1.85. The maximum atomic E-state index is 12.3. The number of para-hydroxylation sites is 1. The lowest BCUT2D eigenvalue weighted by molar-refractivity contribution is -0.132. The van der Waals surface area contributed by atoms with Gasteiger partial charge in [0.05, 0.1) is 13.1 Å². The van der Waals surface area contributed by atoms with Gasteiger partial charge in [0.15, 0.2) is 0 Å². The Morgan fingerprint density at radius 2 is 1.60 bits per heavy atom. The van der Waals surface area contributed by atoms with E-state index in [4.69, 9.17) is 0 Å². The van der Waals surface area contributed by atoms with Gasteiger partial charge < -0.3 is 15.5 Å². The Hall–Kier alpha value is -3.15. The van der Waals surface area contributed by atoms with Crippen LogP contribution in [0.3, 0.4) is 0 Å². The van der Waals surface area contributed by atoms with E-state index >= 15 is 0 Å². The fraction of sp³-hybridized carbons (Fsp3) is 0.375. The first-order valence-electron chi connectivity index (χ1n) is 10.1. The van der Waals surface area contributed by atoms with Crippen molar-refractivity contribution in [2.75, 3.05) is 25.5 Å². The summed E-state index contributed by atoms with van der Waals surface area (Å²) in [6.07, 6.45) is 0.800. The summed E-state index contributed by atoms with van der Waals surface area (Å²) in [5.41, 5.74) is 3.41. The van der Waals surface area contributed by atoms with Gasteiger partial charge in [0.2, 0.25) is 11.8 Å². The Labute approximate surface area is 178 Å². The van der Waals surface area contributed by atoms with E-state index in [0.29, 0.717) is 5.56 Å². The van der Waals surface area contributed by atoms with Crippen molar-refractivity contribution >= 4 is 23.4 Å². The van der Waals surface area contributed by atoms with E-state index in [1.165, 1.54) is 11.9 Å². The van der Waals surface area contributed by atoms with Crippen molar-refractivity contribution in [2.24, 2.45) is 0 Å². The van der Waals surface area contributed by atoms with E-state index in [0.717, 1.165) is 23.2 Å². The molecule has 0 bridgehead atoms. The van der Waals surface area contributed by atoms with Crippen molar-refractivity contribution in [3.05, 3.63) is 65.2 Å². The molecule has 2 N–H and O–H groups in total. The highest BCUT2D eigenvalue weighted by Crippen LogP contribution is 2.22. The first kappa shape index (κ1) is 23.1. The molecule has 2 aromatic rings. The number of carbonyl (C=O) groups is 3. The smallest absolute Gasteiger partial charge is 0.251 e. The van der Waals surface area contributed by atoms with Crippen LogP contribution in [-0.4, -0.2) is 42.8 Å². The number of amides is 3. The zero-order valence-corrected chi connectivity index (χ0v) is 18.4. The number of hydrogen-bond acceptors (Lipinski definition) is 3. The second kappa shape index (κ2) is 10.1. The number of hydrogen-bond donors (Lipinski definition) is 2. The molecule has 30 heavy (non-hydrogen) atoms. The van der Waals surface area contributed by atoms with Gasteiger partial charge in [0, 0.05) is 18.3 Å². The molecular formula is C24H31N3O3. The molecule has 0 aliphatic rings. The molecule has 0 saturated heterocycles. The van der Waals surface area contributed by atoms with E-state index in [2.05, 4.69) is 31.4 Å². The number of likely N-dealkylation sites (N-methyl/N-ethyl adjacent to an activating group) is 1. The van der Waals surface area contributed by atoms with E-state index in [9.17, 15) is 14.4 Å². The molecule has 160 valence electrons. The summed E-state index contributed by atoms with van der Waals surface area (Å²) in [4.78, 5) is 38.2. The Morgan fingerprint density at radius 1 is 0.967 bits per heavy atom. The van der Waals surface area contributed by atoms with Gasteiger partial charge in [0.25, 0.3) is 5.91 Å². The van der Waals surface area contributed by atoms with Gasteiger partial charge in [-0.3, -0.25) is 14.4 Å². The van der Waals surface area contributed by atoms with Gasteiger partial charge in [-0.1, -0.05) is 58.0 Å². The largest absolute Gasteiger partial charge is 0.343 e. The highest BCUT2D eigenvalue weighted by atomic mass is 16.2. The van der Waals surface area contributed by atoms with Crippen molar-refractivity contribution < 1.29 is 14.4 Å². The van der Waals surface area contributed by atoms with Gasteiger partial charge in [-0.05, 0) is 41.2 Å². The number of anilines is 1. The molecule has 3 amide bonds. The predicted octanol–water partition coefficient (Wildman–Crippen LogP) is 3.37. The van der Waals surface area contributed by atoms with E-state index < -0.39 is 0 Å². The summed E-state index contributed by atoms with van der Waals surface area (Å²) in [5, 5.41) is 5.45. The number of aryl methyl sites for hydroxylation is 1. The zero-order valence-electron chi connectivity index (χ0n) is 18.4. The fourth-order valence-electron chi connectivity index (χ4n) is 2.96. The third kappa shape index (κ3) is 6.44. The van der Waals surface area contributed by atoms with Crippen LogP contribution in [0.25, 0.3) is 0 Å². The Morgan fingerprint density at radius 3 is 2.20 bits per heavy atom. The summed E-state index contributed by atoms with van der Waals surface area (Å²) in [7, 11) is 1.54. The molecule has 0 spiro atoms. The third-order valence-corrected chi connectivity index (χ3v) is 4.89. The molecule has 0 heterocycles. The van der Waals surface area contributed by atoms with Crippen LogP contribution in [-0.2, 0) is 21.4 Å². The molecule has 0 aromatic heterocycles. The van der Waals surface area contributed by atoms with Gasteiger partial charge in [-0.2, -0.15) is 0 Å². The minimum Gasteiger partial charge on any atom is -0.343 e. The molecule has 0 aliphatic heterocycles. The molecule has 2 rings (SSSR count). The van der Waals surface area contributed by atoms with E-state index in [1.54, 1.807) is 12.1 Å². The molecule has 6 heteroatoms. The minimum atomic E-state index is -0.339. The lowest BCUT2D eigenvalue weighted by Crippen LogP contribution is -2.41. The maximum Gasteiger partial charge on any atom is 0.251 e. The van der Waals surface area contributed by atoms with Crippen molar-refractivity contribution in [1.82, 2.24) is 10.2 Å². The zero-order chi connectivity index (χ0) is 22.3. The van der Waals surface area contributed by atoms with Crippen LogP contribution in [0.2, 0.25) is 0 Å². The van der Waals surface area contributed by atoms with Gasteiger partial charge in [-0.25, -0.2) is 0 Å². The monoisotopic (exact) mass is 409 g/mol. The number of nitrogens with zero attached hydrogens (tertiary/aromatic N) is 1. The maximum absolute atomic E-state index is 12.3. The van der Waals surface area contributed by atoms with Crippen LogP contribution in [0.4, 0.5) is 5.69 Å². The van der Waals surface area contributed by atoms with Crippen molar-refractivity contribution in [1.29, 1.82) is 0 Å². The van der Waals surface area contributed by atoms with E-state index in [1.807, 2.05) is 43.3 Å². The quantitative estimate of drug-likeness (QED) is 0.736. The lowest BCUT2D eigenvalue weighted by atomic mass is 9.87. The third-order valence-electron chi connectivity index (χ3n) is 4.89. The number of benzene rings is 2.